The molecule has 0 saturated carbocycles. The number of carbonyl (C=O) groups excluding carboxylic acids is 2. The highest BCUT2D eigenvalue weighted by atomic mass is 19.4. The van der Waals surface area contributed by atoms with Crippen LogP contribution in [0.3, 0.4) is 0 Å². The Kier molecular flexibility index (Phi) is 4.78. The van der Waals surface area contributed by atoms with E-state index in [0.29, 0.717) is 22.4 Å². The number of nitrogens with zero attached hydrogens (tertiary/aromatic N) is 1. The monoisotopic (exact) mass is 374 g/mol. The maximum atomic E-state index is 12.6. The minimum Gasteiger partial charge on any atom is -0.350 e. The van der Waals surface area contributed by atoms with Gasteiger partial charge in [-0.05, 0) is 30.7 Å². The topological polar surface area (TPSA) is 49.4 Å². The number of carbonyl (C=O) groups is 2. The van der Waals surface area contributed by atoms with Crippen LogP contribution in [0.5, 0.6) is 0 Å². The number of halogens is 3. The molecule has 140 valence electrons. The molecule has 3 rings (SSSR count). The molecule has 4 nitrogen and oxygen atoms in total. The van der Waals surface area contributed by atoms with Gasteiger partial charge in [-0.15, -0.1) is 0 Å². The molecule has 0 fully saturated rings. The van der Waals surface area contributed by atoms with Gasteiger partial charge in [0, 0.05) is 23.4 Å². The van der Waals surface area contributed by atoms with Crippen LogP contribution in [0.2, 0.25) is 0 Å². The Morgan fingerprint density at radius 1 is 1.11 bits per heavy atom. The fourth-order valence-corrected chi connectivity index (χ4v) is 2.98. The second-order valence-corrected chi connectivity index (χ2v) is 6.26. The lowest BCUT2D eigenvalue weighted by atomic mass is 10.1. The molecule has 1 atom stereocenters. The van der Waals surface area contributed by atoms with E-state index in [1.165, 1.54) is 17.0 Å². The van der Waals surface area contributed by atoms with E-state index in [0.717, 1.165) is 12.1 Å². The molecule has 2 aromatic carbocycles. The van der Waals surface area contributed by atoms with Gasteiger partial charge in [-0.25, -0.2) is 0 Å². The third-order valence-electron chi connectivity index (χ3n) is 4.49. The SMILES string of the molecule is C=C1c2ccccc2C(=O)N1[C@H](C)C(=O)NCc1ccc(C(F)(F)F)cc1. The smallest absolute Gasteiger partial charge is 0.350 e. The molecule has 1 heterocycles. The van der Waals surface area contributed by atoms with Gasteiger partial charge in [0.05, 0.1) is 5.56 Å². The van der Waals surface area contributed by atoms with E-state index < -0.39 is 23.7 Å². The molecule has 0 aromatic heterocycles. The zero-order valence-electron chi connectivity index (χ0n) is 14.5. The van der Waals surface area contributed by atoms with E-state index in [1.54, 1.807) is 31.2 Å². The molecule has 0 spiro atoms. The second-order valence-electron chi connectivity index (χ2n) is 6.26. The molecular formula is C20H17F3N2O2. The minimum atomic E-state index is -4.40. The highest BCUT2D eigenvalue weighted by Gasteiger charge is 2.36. The molecule has 2 amide bonds. The minimum absolute atomic E-state index is 0.0583. The van der Waals surface area contributed by atoms with Crippen LogP contribution in [0, 0.1) is 0 Å². The van der Waals surface area contributed by atoms with Gasteiger partial charge < -0.3 is 5.32 Å². The van der Waals surface area contributed by atoms with Crippen LogP contribution in [0.15, 0.2) is 55.1 Å². The van der Waals surface area contributed by atoms with Gasteiger partial charge in [-0.2, -0.15) is 13.2 Å². The summed E-state index contributed by atoms with van der Waals surface area (Å²) in [5.74, 6) is -0.718. The van der Waals surface area contributed by atoms with Crippen molar-refractivity contribution in [3.63, 3.8) is 0 Å². The summed E-state index contributed by atoms with van der Waals surface area (Å²) in [6.45, 7) is 5.54. The first-order valence-electron chi connectivity index (χ1n) is 8.26. The van der Waals surface area contributed by atoms with Crippen molar-refractivity contribution in [3.8, 4) is 0 Å². The van der Waals surface area contributed by atoms with Crippen molar-refractivity contribution in [1.29, 1.82) is 0 Å². The molecule has 0 radical (unpaired) electrons. The number of alkyl halides is 3. The molecule has 1 N–H and O–H groups in total. The van der Waals surface area contributed by atoms with Crippen molar-refractivity contribution < 1.29 is 22.8 Å². The predicted octanol–water partition coefficient (Wildman–Crippen LogP) is 3.84. The van der Waals surface area contributed by atoms with Crippen molar-refractivity contribution in [1.82, 2.24) is 10.2 Å². The Labute approximate surface area is 154 Å². The fourth-order valence-electron chi connectivity index (χ4n) is 2.98. The number of fused-ring (bicyclic) bond motifs is 1. The molecular weight excluding hydrogens is 357 g/mol. The molecule has 2 aromatic rings. The summed E-state index contributed by atoms with van der Waals surface area (Å²) < 4.78 is 37.7. The van der Waals surface area contributed by atoms with Gasteiger partial charge in [-0.3, -0.25) is 14.5 Å². The van der Waals surface area contributed by atoms with Crippen molar-refractivity contribution in [2.24, 2.45) is 0 Å². The highest BCUT2D eigenvalue weighted by molar-refractivity contribution is 6.10. The Morgan fingerprint density at radius 2 is 1.70 bits per heavy atom. The Morgan fingerprint density at radius 3 is 2.26 bits per heavy atom. The lowest BCUT2D eigenvalue weighted by molar-refractivity contribution is -0.137. The van der Waals surface area contributed by atoms with Crippen LogP contribution in [0.4, 0.5) is 13.2 Å². The van der Waals surface area contributed by atoms with Crippen LogP contribution in [0.1, 0.15) is 34.0 Å². The van der Waals surface area contributed by atoms with Crippen LogP contribution in [-0.2, 0) is 17.5 Å². The highest BCUT2D eigenvalue weighted by Crippen LogP contribution is 2.33. The number of rotatable bonds is 4. The number of hydrogen-bond acceptors (Lipinski definition) is 2. The van der Waals surface area contributed by atoms with Gasteiger partial charge in [0.15, 0.2) is 0 Å². The van der Waals surface area contributed by atoms with E-state index in [1.807, 2.05) is 0 Å². The van der Waals surface area contributed by atoms with E-state index in [-0.39, 0.29) is 12.5 Å². The van der Waals surface area contributed by atoms with E-state index in [2.05, 4.69) is 11.9 Å². The third-order valence-corrected chi connectivity index (χ3v) is 4.49. The molecule has 27 heavy (non-hydrogen) atoms. The van der Waals surface area contributed by atoms with Gasteiger partial charge in [0.25, 0.3) is 5.91 Å². The summed E-state index contributed by atoms with van der Waals surface area (Å²) in [6.07, 6.45) is -4.40. The zero-order chi connectivity index (χ0) is 19.8. The number of nitrogens with one attached hydrogen (secondary N) is 1. The van der Waals surface area contributed by atoms with E-state index >= 15 is 0 Å². The quantitative estimate of drug-likeness (QED) is 0.884. The first-order valence-corrected chi connectivity index (χ1v) is 8.26. The first-order chi connectivity index (χ1) is 12.7. The normalized spacial score (nSPS) is 14.9. The zero-order valence-corrected chi connectivity index (χ0v) is 14.5. The Balaban J connectivity index is 1.65. The lowest BCUT2D eigenvalue weighted by Gasteiger charge is -2.24. The van der Waals surface area contributed by atoms with Crippen LogP contribution in [-0.4, -0.2) is 22.8 Å². The van der Waals surface area contributed by atoms with Crippen molar-refractivity contribution in [3.05, 3.63) is 77.4 Å². The molecule has 0 saturated heterocycles. The number of hydrogen-bond donors (Lipinski definition) is 1. The van der Waals surface area contributed by atoms with Gasteiger partial charge in [-0.1, -0.05) is 36.9 Å². The van der Waals surface area contributed by atoms with E-state index in [4.69, 9.17) is 0 Å². The standard InChI is InChI=1S/C20H17F3N2O2/c1-12-16-5-3-4-6-17(16)19(27)25(12)13(2)18(26)24-11-14-7-9-15(10-8-14)20(21,22)23/h3-10,13H,1,11H2,2H3,(H,24,26)/t13-/m1/s1. The molecule has 0 unspecified atom stereocenters. The van der Waals surface area contributed by atoms with Crippen molar-refractivity contribution >= 4 is 17.5 Å². The fraction of sp³-hybridized carbons (Fsp3) is 0.200. The molecule has 0 aliphatic carbocycles. The second kappa shape index (κ2) is 6.90. The predicted molar refractivity (Wildman–Crippen MR) is 94.4 cm³/mol. The van der Waals surface area contributed by atoms with Crippen molar-refractivity contribution in [2.75, 3.05) is 0 Å². The number of amides is 2. The maximum Gasteiger partial charge on any atom is 0.416 e. The summed E-state index contributed by atoms with van der Waals surface area (Å²) in [4.78, 5) is 26.3. The average molecular weight is 374 g/mol. The van der Waals surface area contributed by atoms with Gasteiger partial charge in [0.2, 0.25) is 5.91 Å². The van der Waals surface area contributed by atoms with Crippen molar-refractivity contribution in [2.45, 2.75) is 25.7 Å². The van der Waals surface area contributed by atoms with Crippen LogP contribution in [0.25, 0.3) is 5.70 Å². The van der Waals surface area contributed by atoms with Crippen LogP contribution < -0.4 is 5.32 Å². The van der Waals surface area contributed by atoms with E-state index in [9.17, 15) is 22.8 Å². The Bertz CT molecular complexity index is 869. The summed E-state index contributed by atoms with van der Waals surface area (Å²) >= 11 is 0. The molecule has 1 aliphatic heterocycles. The molecule has 7 heteroatoms. The third kappa shape index (κ3) is 3.58. The largest absolute Gasteiger partial charge is 0.416 e. The maximum absolute atomic E-state index is 12.6. The number of benzene rings is 2. The summed E-state index contributed by atoms with van der Waals surface area (Å²) in [5.41, 5.74) is 1.41. The van der Waals surface area contributed by atoms with Crippen LogP contribution >= 0.6 is 0 Å². The molecule has 0 bridgehead atoms. The molecule has 1 aliphatic rings. The van der Waals surface area contributed by atoms with Gasteiger partial charge >= 0.3 is 6.18 Å². The van der Waals surface area contributed by atoms with Gasteiger partial charge in [0.1, 0.15) is 6.04 Å². The average Bonchev–Trinajstić information content (AvgIpc) is 2.90. The first kappa shape index (κ1) is 18.7. The summed E-state index contributed by atoms with van der Waals surface area (Å²) in [5, 5.41) is 2.65. The summed E-state index contributed by atoms with van der Waals surface area (Å²) in [6, 6.07) is 10.7. The summed E-state index contributed by atoms with van der Waals surface area (Å²) in [7, 11) is 0. The Hall–Kier alpha value is -3.09. The lowest BCUT2D eigenvalue weighted by Crippen LogP contribution is -2.44.